The molecular weight excluding hydrogens is 466 g/mol. The maximum atomic E-state index is 14.1. The number of amides is 1. The molecule has 1 aromatic heterocycles. The molecule has 0 unspecified atom stereocenters. The summed E-state index contributed by atoms with van der Waals surface area (Å²) in [6.07, 6.45) is 0. The van der Waals surface area contributed by atoms with Gasteiger partial charge < -0.3 is 14.6 Å². The molecule has 0 saturated heterocycles. The van der Waals surface area contributed by atoms with Gasteiger partial charge in [0.15, 0.2) is 0 Å². The Labute approximate surface area is 199 Å². The quantitative estimate of drug-likeness (QED) is 0.336. The number of halogens is 3. The zero-order chi connectivity index (χ0) is 23.7. The van der Waals surface area contributed by atoms with Gasteiger partial charge in [-0.05, 0) is 59.2 Å². The van der Waals surface area contributed by atoms with Crippen molar-refractivity contribution >= 4 is 46.0 Å². The lowest BCUT2D eigenvalue weighted by Crippen LogP contribution is -2.26. The van der Waals surface area contributed by atoms with Crippen LogP contribution in [-0.4, -0.2) is 35.9 Å². The summed E-state index contributed by atoms with van der Waals surface area (Å²) in [5.41, 5.74) is 3.36. The summed E-state index contributed by atoms with van der Waals surface area (Å²) < 4.78 is 18.8. The van der Waals surface area contributed by atoms with Crippen LogP contribution in [0.5, 0.6) is 0 Å². The SMILES string of the molecule is COC(=O)c1ccc(-c2ccc(F)cc2CN(C)C(=O)c2cc3ccc(Cl)cc3[nH]2)cc1Cl. The lowest BCUT2D eigenvalue weighted by molar-refractivity contribution is 0.0600. The summed E-state index contributed by atoms with van der Waals surface area (Å²) in [6, 6.07) is 16.3. The topological polar surface area (TPSA) is 62.4 Å². The van der Waals surface area contributed by atoms with Gasteiger partial charge in [0.1, 0.15) is 11.5 Å². The largest absolute Gasteiger partial charge is 0.465 e. The fourth-order valence-electron chi connectivity index (χ4n) is 3.68. The average Bonchev–Trinajstić information content (AvgIpc) is 3.21. The molecule has 0 aliphatic carbocycles. The molecule has 0 atom stereocenters. The number of rotatable bonds is 5. The maximum absolute atomic E-state index is 14.1. The van der Waals surface area contributed by atoms with Crippen LogP contribution in [0.2, 0.25) is 10.0 Å². The van der Waals surface area contributed by atoms with Crippen molar-refractivity contribution in [3.8, 4) is 11.1 Å². The van der Waals surface area contributed by atoms with Crippen molar-refractivity contribution in [3.63, 3.8) is 0 Å². The van der Waals surface area contributed by atoms with Crippen LogP contribution >= 0.6 is 23.2 Å². The summed E-state index contributed by atoms with van der Waals surface area (Å²) >= 11 is 12.3. The van der Waals surface area contributed by atoms with E-state index in [9.17, 15) is 14.0 Å². The van der Waals surface area contributed by atoms with E-state index in [2.05, 4.69) is 4.98 Å². The van der Waals surface area contributed by atoms with Crippen molar-refractivity contribution < 1.29 is 18.7 Å². The van der Waals surface area contributed by atoms with E-state index in [4.69, 9.17) is 27.9 Å². The van der Waals surface area contributed by atoms with E-state index >= 15 is 0 Å². The second kappa shape index (κ2) is 9.25. The van der Waals surface area contributed by atoms with Crippen molar-refractivity contribution in [1.29, 1.82) is 0 Å². The van der Waals surface area contributed by atoms with Gasteiger partial charge in [0.2, 0.25) is 0 Å². The van der Waals surface area contributed by atoms with Crippen LogP contribution in [0.1, 0.15) is 26.4 Å². The van der Waals surface area contributed by atoms with E-state index in [0.29, 0.717) is 27.4 Å². The van der Waals surface area contributed by atoms with Gasteiger partial charge in [0.25, 0.3) is 5.91 Å². The molecule has 0 aliphatic heterocycles. The van der Waals surface area contributed by atoms with Gasteiger partial charge in [0.05, 0.1) is 17.7 Å². The number of esters is 1. The molecule has 1 heterocycles. The third-order valence-corrected chi connectivity index (χ3v) is 5.87. The molecule has 3 aromatic carbocycles. The number of H-pyrrole nitrogens is 1. The molecule has 4 aromatic rings. The molecule has 0 aliphatic rings. The Hall–Kier alpha value is -3.35. The van der Waals surface area contributed by atoms with E-state index in [1.54, 1.807) is 49.5 Å². The molecule has 0 bridgehead atoms. The summed E-state index contributed by atoms with van der Waals surface area (Å²) in [6.45, 7) is 0.151. The first-order valence-corrected chi connectivity index (χ1v) is 10.7. The van der Waals surface area contributed by atoms with Gasteiger partial charge in [0, 0.05) is 29.5 Å². The van der Waals surface area contributed by atoms with Crippen LogP contribution in [-0.2, 0) is 11.3 Å². The lowest BCUT2D eigenvalue weighted by Gasteiger charge is -2.19. The number of benzene rings is 3. The highest BCUT2D eigenvalue weighted by atomic mass is 35.5. The van der Waals surface area contributed by atoms with E-state index < -0.39 is 11.8 Å². The van der Waals surface area contributed by atoms with Crippen molar-refractivity contribution in [1.82, 2.24) is 9.88 Å². The molecule has 0 spiro atoms. The van der Waals surface area contributed by atoms with Crippen molar-refractivity contribution in [2.45, 2.75) is 6.54 Å². The summed E-state index contributed by atoms with van der Waals surface area (Å²) in [5.74, 6) is -1.22. The zero-order valence-corrected chi connectivity index (χ0v) is 19.3. The van der Waals surface area contributed by atoms with Crippen LogP contribution < -0.4 is 0 Å². The van der Waals surface area contributed by atoms with Crippen LogP contribution in [0.25, 0.3) is 22.0 Å². The van der Waals surface area contributed by atoms with E-state index in [1.807, 2.05) is 6.07 Å². The zero-order valence-electron chi connectivity index (χ0n) is 17.8. The molecule has 4 rings (SSSR count). The van der Waals surface area contributed by atoms with E-state index in [1.165, 1.54) is 24.1 Å². The smallest absolute Gasteiger partial charge is 0.339 e. The molecule has 1 amide bonds. The predicted octanol–water partition coefficient (Wildman–Crippen LogP) is 6.34. The molecule has 5 nitrogen and oxygen atoms in total. The Morgan fingerprint density at radius 1 is 1.03 bits per heavy atom. The van der Waals surface area contributed by atoms with Crippen molar-refractivity contribution in [3.05, 3.63) is 93.3 Å². The maximum Gasteiger partial charge on any atom is 0.339 e. The van der Waals surface area contributed by atoms with Crippen LogP contribution in [0.15, 0.2) is 60.7 Å². The van der Waals surface area contributed by atoms with Crippen molar-refractivity contribution in [2.24, 2.45) is 0 Å². The Kier molecular flexibility index (Phi) is 6.40. The van der Waals surface area contributed by atoms with E-state index in [-0.39, 0.29) is 23.0 Å². The highest BCUT2D eigenvalue weighted by Gasteiger charge is 2.18. The molecule has 8 heteroatoms. The Morgan fingerprint density at radius 3 is 2.55 bits per heavy atom. The number of hydrogen-bond acceptors (Lipinski definition) is 3. The van der Waals surface area contributed by atoms with Gasteiger partial charge in [-0.25, -0.2) is 9.18 Å². The number of carbonyl (C=O) groups is 2. The Morgan fingerprint density at radius 2 is 1.82 bits per heavy atom. The fourth-order valence-corrected chi connectivity index (χ4v) is 4.11. The lowest BCUT2D eigenvalue weighted by atomic mass is 9.98. The standard InChI is InChI=1S/C25H19Cl2FN2O3/c1-30(24(31)23-11-15-3-5-17(26)12-22(15)29-23)13-16-9-18(28)6-8-19(16)14-4-7-20(21(27)10-14)25(32)33-2/h3-12,29H,13H2,1-2H3. The minimum absolute atomic E-state index is 0.151. The van der Waals surface area contributed by atoms with Crippen LogP contribution in [0.4, 0.5) is 4.39 Å². The normalized spacial score (nSPS) is 10.9. The summed E-state index contributed by atoms with van der Waals surface area (Å²) in [7, 11) is 2.92. The first-order chi connectivity index (χ1) is 15.8. The number of carbonyl (C=O) groups excluding carboxylic acids is 2. The number of hydrogen-bond donors (Lipinski definition) is 1. The van der Waals surface area contributed by atoms with Gasteiger partial charge in [-0.15, -0.1) is 0 Å². The van der Waals surface area contributed by atoms with Gasteiger partial charge >= 0.3 is 5.97 Å². The number of methoxy groups -OCH3 is 1. The number of aromatic nitrogens is 1. The van der Waals surface area contributed by atoms with Crippen LogP contribution in [0.3, 0.4) is 0 Å². The molecule has 1 N–H and O–H groups in total. The monoisotopic (exact) mass is 484 g/mol. The van der Waals surface area contributed by atoms with Crippen molar-refractivity contribution in [2.75, 3.05) is 14.2 Å². The molecule has 33 heavy (non-hydrogen) atoms. The van der Waals surface area contributed by atoms with Gasteiger partial charge in [-0.1, -0.05) is 41.4 Å². The third kappa shape index (κ3) is 4.72. The average molecular weight is 485 g/mol. The molecule has 0 saturated carbocycles. The van der Waals surface area contributed by atoms with Crippen LogP contribution in [0, 0.1) is 5.82 Å². The number of nitrogens with zero attached hydrogens (tertiary/aromatic N) is 1. The third-order valence-electron chi connectivity index (χ3n) is 5.32. The Bertz CT molecular complexity index is 1380. The van der Waals surface area contributed by atoms with Gasteiger partial charge in [-0.2, -0.15) is 0 Å². The number of aromatic amines is 1. The van der Waals surface area contributed by atoms with Gasteiger partial charge in [-0.3, -0.25) is 4.79 Å². The Balaban J connectivity index is 1.64. The number of ether oxygens (including phenoxy) is 1. The minimum atomic E-state index is -0.546. The van der Waals surface area contributed by atoms with E-state index in [0.717, 1.165) is 10.9 Å². The highest BCUT2D eigenvalue weighted by molar-refractivity contribution is 6.34. The second-order valence-electron chi connectivity index (χ2n) is 7.56. The minimum Gasteiger partial charge on any atom is -0.465 e. The summed E-state index contributed by atoms with van der Waals surface area (Å²) in [4.78, 5) is 29.4. The molecule has 168 valence electrons. The second-order valence-corrected chi connectivity index (χ2v) is 8.41. The molecule has 0 fully saturated rings. The fraction of sp³-hybridized carbons (Fsp3) is 0.120. The first kappa shape index (κ1) is 22.8. The molecule has 0 radical (unpaired) electrons. The number of nitrogens with one attached hydrogen (secondary N) is 1. The first-order valence-electron chi connectivity index (χ1n) is 9.97. The number of fused-ring (bicyclic) bond motifs is 1. The predicted molar refractivity (Wildman–Crippen MR) is 127 cm³/mol. The molecular formula is C25H19Cl2FN2O3. The highest BCUT2D eigenvalue weighted by Crippen LogP contribution is 2.30. The summed E-state index contributed by atoms with van der Waals surface area (Å²) in [5, 5.41) is 1.65.